The molecule has 0 aliphatic heterocycles. The fraction of sp³-hybridized carbons (Fsp3) is 0.294. The van der Waals surface area contributed by atoms with Gasteiger partial charge in [0.05, 0.1) is 21.4 Å². The Morgan fingerprint density at radius 3 is 2.84 bits per heavy atom. The fourth-order valence-electron chi connectivity index (χ4n) is 1.98. The van der Waals surface area contributed by atoms with Crippen LogP contribution >= 0.6 is 11.3 Å². The van der Waals surface area contributed by atoms with Gasteiger partial charge in [0, 0.05) is 6.07 Å². The van der Waals surface area contributed by atoms with Gasteiger partial charge in [-0.1, -0.05) is 26.0 Å². The van der Waals surface area contributed by atoms with E-state index in [1.54, 1.807) is 0 Å². The van der Waals surface area contributed by atoms with Gasteiger partial charge in [0.25, 0.3) is 11.6 Å². The van der Waals surface area contributed by atoms with E-state index in [2.05, 4.69) is 24.4 Å². The topological polar surface area (TPSA) is 93.8 Å². The number of aryl methyl sites for hydroxylation is 1. The quantitative estimate of drug-likeness (QED) is 0.463. The van der Waals surface area contributed by atoms with Crippen LogP contribution in [0.25, 0.3) is 0 Å². The molecule has 1 N–H and O–H groups in total. The summed E-state index contributed by atoms with van der Waals surface area (Å²) in [4.78, 5) is 22.5. The zero-order valence-corrected chi connectivity index (χ0v) is 15.0. The standard InChI is InChI=1S/C17H19N3O4S/c1-11(2)13-5-4-12(3)16(6-13)24-9-17(21)19-18-8-15-7-14(10-25-15)20(22)23/h4-8,10-11H,9H2,1-3H3,(H,19,21)/b18-8-. The summed E-state index contributed by atoms with van der Waals surface area (Å²) in [5, 5.41) is 15.8. The molecule has 0 saturated carbocycles. The summed E-state index contributed by atoms with van der Waals surface area (Å²) < 4.78 is 5.56. The van der Waals surface area contributed by atoms with E-state index < -0.39 is 10.8 Å². The maximum atomic E-state index is 11.8. The van der Waals surface area contributed by atoms with Crippen molar-refractivity contribution in [3.63, 3.8) is 0 Å². The Labute approximate surface area is 149 Å². The average Bonchev–Trinajstić information content (AvgIpc) is 3.03. The van der Waals surface area contributed by atoms with E-state index >= 15 is 0 Å². The van der Waals surface area contributed by atoms with Crippen molar-refractivity contribution in [3.8, 4) is 5.75 Å². The van der Waals surface area contributed by atoms with E-state index in [0.717, 1.165) is 11.1 Å². The zero-order valence-electron chi connectivity index (χ0n) is 14.2. The van der Waals surface area contributed by atoms with Crippen molar-refractivity contribution in [1.29, 1.82) is 0 Å². The molecule has 0 atom stereocenters. The molecule has 0 spiro atoms. The van der Waals surface area contributed by atoms with Crippen LogP contribution < -0.4 is 10.2 Å². The lowest BCUT2D eigenvalue weighted by Crippen LogP contribution is -2.24. The molecule has 0 aliphatic carbocycles. The van der Waals surface area contributed by atoms with Gasteiger partial charge in [0.15, 0.2) is 6.61 Å². The second-order valence-corrected chi connectivity index (χ2v) is 6.67. The number of ether oxygens (including phenoxy) is 1. The molecule has 0 bridgehead atoms. The second-order valence-electron chi connectivity index (χ2n) is 5.73. The smallest absolute Gasteiger partial charge is 0.280 e. The Balaban J connectivity index is 1.87. The zero-order chi connectivity index (χ0) is 18.4. The highest BCUT2D eigenvalue weighted by molar-refractivity contribution is 7.12. The summed E-state index contributed by atoms with van der Waals surface area (Å²) in [5.74, 6) is 0.632. The van der Waals surface area contributed by atoms with Crippen molar-refractivity contribution >= 4 is 29.1 Å². The molecule has 1 aromatic carbocycles. The van der Waals surface area contributed by atoms with Gasteiger partial charge in [0.2, 0.25) is 0 Å². The maximum absolute atomic E-state index is 11.8. The molecule has 132 valence electrons. The van der Waals surface area contributed by atoms with E-state index in [1.807, 2.05) is 25.1 Å². The van der Waals surface area contributed by atoms with E-state index in [4.69, 9.17) is 4.74 Å². The Kier molecular flexibility index (Phi) is 6.24. The summed E-state index contributed by atoms with van der Waals surface area (Å²) in [7, 11) is 0. The molecule has 0 unspecified atom stereocenters. The number of hydrogen-bond donors (Lipinski definition) is 1. The van der Waals surface area contributed by atoms with Crippen molar-refractivity contribution in [1.82, 2.24) is 5.43 Å². The Bertz CT molecular complexity index is 799. The minimum absolute atomic E-state index is 0.00150. The summed E-state index contributed by atoms with van der Waals surface area (Å²) >= 11 is 1.17. The van der Waals surface area contributed by atoms with Crippen LogP contribution in [0.5, 0.6) is 5.75 Å². The van der Waals surface area contributed by atoms with Crippen LogP contribution in [0.4, 0.5) is 5.69 Å². The highest BCUT2D eigenvalue weighted by atomic mass is 32.1. The number of nitrogens with one attached hydrogen (secondary N) is 1. The van der Waals surface area contributed by atoms with E-state index in [1.165, 1.54) is 29.0 Å². The molecule has 7 nitrogen and oxygen atoms in total. The lowest BCUT2D eigenvalue weighted by molar-refractivity contribution is -0.384. The van der Waals surface area contributed by atoms with Crippen LogP contribution in [0.2, 0.25) is 0 Å². The lowest BCUT2D eigenvalue weighted by atomic mass is 10.0. The molecule has 0 fully saturated rings. The predicted molar refractivity (Wildman–Crippen MR) is 97.5 cm³/mol. The van der Waals surface area contributed by atoms with Gasteiger partial charge in [0.1, 0.15) is 5.75 Å². The van der Waals surface area contributed by atoms with Gasteiger partial charge in [-0.05, 0) is 30.0 Å². The average molecular weight is 361 g/mol. The van der Waals surface area contributed by atoms with Crippen LogP contribution in [0.15, 0.2) is 34.7 Å². The second kappa shape index (κ2) is 8.39. The third-order valence-corrected chi connectivity index (χ3v) is 4.29. The SMILES string of the molecule is Cc1ccc(C(C)C)cc1OCC(=O)N/N=C\c1cc([N+](=O)[O-])cs1. The molecule has 1 amide bonds. The molecule has 0 saturated heterocycles. The number of carbonyl (C=O) groups is 1. The van der Waals surface area contributed by atoms with Crippen molar-refractivity contribution in [2.24, 2.45) is 5.10 Å². The van der Waals surface area contributed by atoms with Gasteiger partial charge in [-0.2, -0.15) is 5.10 Å². The van der Waals surface area contributed by atoms with E-state index in [0.29, 0.717) is 16.5 Å². The molecule has 0 radical (unpaired) electrons. The van der Waals surface area contributed by atoms with Gasteiger partial charge in [-0.15, -0.1) is 11.3 Å². The maximum Gasteiger partial charge on any atom is 0.280 e. The van der Waals surface area contributed by atoms with Crippen LogP contribution in [-0.4, -0.2) is 23.7 Å². The van der Waals surface area contributed by atoms with Crippen molar-refractivity contribution < 1.29 is 14.5 Å². The monoisotopic (exact) mass is 361 g/mol. The molecule has 8 heteroatoms. The number of nitrogens with zero attached hydrogens (tertiary/aromatic N) is 2. The number of amides is 1. The van der Waals surface area contributed by atoms with E-state index in [9.17, 15) is 14.9 Å². The van der Waals surface area contributed by atoms with Crippen molar-refractivity contribution in [2.75, 3.05) is 6.61 Å². The Hall–Kier alpha value is -2.74. The van der Waals surface area contributed by atoms with Crippen LogP contribution in [0.1, 0.15) is 35.8 Å². The number of hydrogen-bond acceptors (Lipinski definition) is 6. The van der Waals surface area contributed by atoms with Gasteiger partial charge < -0.3 is 4.74 Å². The summed E-state index contributed by atoms with van der Waals surface area (Å²) in [6.07, 6.45) is 1.36. The highest BCUT2D eigenvalue weighted by Gasteiger charge is 2.09. The molecule has 1 heterocycles. The van der Waals surface area contributed by atoms with Crippen LogP contribution in [-0.2, 0) is 4.79 Å². The first-order valence-electron chi connectivity index (χ1n) is 7.65. The largest absolute Gasteiger partial charge is 0.483 e. The summed E-state index contributed by atoms with van der Waals surface area (Å²) in [5.41, 5.74) is 4.43. The van der Waals surface area contributed by atoms with Crippen LogP contribution in [0.3, 0.4) is 0 Å². The van der Waals surface area contributed by atoms with Crippen molar-refractivity contribution in [3.05, 3.63) is 55.8 Å². The number of thiophene rings is 1. The summed E-state index contributed by atoms with van der Waals surface area (Å²) in [6.45, 7) is 5.93. The number of benzene rings is 1. The Morgan fingerprint density at radius 2 is 2.20 bits per heavy atom. The lowest BCUT2D eigenvalue weighted by Gasteiger charge is -2.12. The first-order valence-corrected chi connectivity index (χ1v) is 8.53. The minimum Gasteiger partial charge on any atom is -0.483 e. The number of nitro groups is 1. The van der Waals surface area contributed by atoms with Gasteiger partial charge in [-0.3, -0.25) is 14.9 Å². The number of carbonyl (C=O) groups excluding carboxylic acids is 1. The number of rotatable bonds is 7. The Morgan fingerprint density at radius 1 is 1.44 bits per heavy atom. The van der Waals surface area contributed by atoms with Crippen molar-refractivity contribution in [2.45, 2.75) is 26.7 Å². The first-order chi connectivity index (χ1) is 11.9. The number of hydrazone groups is 1. The first kappa shape index (κ1) is 18.6. The van der Waals surface area contributed by atoms with Crippen LogP contribution in [0, 0.1) is 17.0 Å². The third kappa shape index (κ3) is 5.39. The predicted octanol–water partition coefficient (Wildman–Crippen LogP) is 3.62. The minimum atomic E-state index is -0.478. The molecular weight excluding hydrogens is 342 g/mol. The highest BCUT2D eigenvalue weighted by Crippen LogP contribution is 2.24. The molecule has 2 aromatic rings. The van der Waals surface area contributed by atoms with Gasteiger partial charge in [-0.25, -0.2) is 5.43 Å². The normalized spacial score (nSPS) is 11.0. The molecule has 25 heavy (non-hydrogen) atoms. The fourth-order valence-corrected chi connectivity index (χ4v) is 2.69. The summed E-state index contributed by atoms with van der Waals surface area (Å²) in [6, 6.07) is 7.32. The molecule has 1 aromatic heterocycles. The third-order valence-electron chi connectivity index (χ3n) is 3.44. The molecule has 2 rings (SSSR count). The molecule has 0 aliphatic rings. The molecular formula is C17H19N3O4S. The van der Waals surface area contributed by atoms with Gasteiger partial charge >= 0.3 is 0 Å². The van der Waals surface area contributed by atoms with E-state index in [-0.39, 0.29) is 12.3 Å².